The maximum Gasteiger partial charge on any atom is 0.317 e. The van der Waals surface area contributed by atoms with Crippen LogP contribution in [-0.2, 0) is 4.79 Å². The van der Waals surface area contributed by atoms with E-state index in [1.807, 2.05) is 4.90 Å². The quantitative estimate of drug-likeness (QED) is 0.776. The smallest absolute Gasteiger partial charge is 0.317 e. The summed E-state index contributed by atoms with van der Waals surface area (Å²) in [4.78, 5) is 24.7. The number of hydrogen-bond acceptors (Lipinski definition) is 2. The van der Waals surface area contributed by atoms with Crippen LogP contribution in [-0.4, -0.2) is 41.1 Å². The number of hydrogen-bond donors (Lipinski definition) is 2. The highest BCUT2D eigenvalue weighted by molar-refractivity contribution is 5.75. The molecule has 2 fully saturated rings. The Kier molecular flexibility index (Phi) is 5.05. The Morgan fingerprint density at radius 2 is 1.79 bits per heavy atom. The minimum atomic E-state index is -0.869. The molecule has 5 heteroatoms. The van der Waals surface area contributed by atoms with Gasteiger partial charge in [-0.05, 0) is 31.6 Å². The summed E-state index contributed by atoms with van der Waals surface area (Å²) in [7, 11) is 0. The number of nitrogens with zero attached hydrogens (tertiary/aromatic N) is 1. The van der Waals surface area contributed by atoms with Gasteiger partial charge in [-0.3, -0.25) is 4.79 Å². The fraction of sp³-hybridized carbons (Fsp3) is 0.857. The van der Waals surface area contributed by atoms with Crippen molar-refractivity contribution in [1.29, 1.82) is 0 Å². The van der Waals surface area contributed by atoms with Crippen molar-refractivity contribution in [3.8, 4) is 0 Å². The van der Waals surface area contributed by atoms with E-state index in [2.05, 4.69) is 5.32 Å². The van der Waals surface area contributed by atoms with Gasteiger partial charge in [0, 0.05) is 19.1 Å². The first kappa shape index (κ1) is 14.2. The van der Waals surface area contributed by atoms with E-state index in [0.717, 1.165) is 19.4 Å². The zero-order valence-corrected chi connectivity index (χ0v) is 11.4. The predicted molar refractivity (Wildman–Crippen MR) is 72.0 cm³/mol. The molecule has 19 heavy (non-hydrogen) atoms. The third-order valence-electron chi connectivity index (χ3n) is 4.04. The van der Waals surface area contributed by atoms with Crippen LogP contribution in [0.25, 0.3) is 0 Å². The Morgan fingerprint density at radius 1 is 1.11 bits per heavy atom. The van der Waals surface area contributed by atoms with Gasteiger partial charge in [-0.25, -0.2) is 4.79 Å². The van der Waals surface area contributed by atoms with E-state index in [0.29, 0.717) is 12.0 Å². The number of amides is 2. The Labute approximate surface area is 114 Å². The second-order valence-electron chi connectivity index (χ2n) is 5.76. The fourth-order valence-corrected chi connectivity index (χ4v) is 2.75. The summed E-state index contributed by atoms with van der Waals surface area (Å²) in [6, 6.07) is 0.291. The minimum Gasteiger partial charge on any atom is -0.481 e. The second kappa shape index (κ2) is 6.78. The molecule has 0 radical (unpaired) electrons. The van der Waals surface area contributed by atoms with E-state index >= 15 is 0 Å². The van der Waals surface area contributed by atoms with Gasteiger partial charge in [0.25, 0.3) is 0 Å². The van der Waals surface area contributed by atoms with E-state index in [-0.39, 0.29) is 19.0 Å². The van der Waals surface area contributed by atoms with Crippen molar-refractivity contribution >= 4 is 12.0 Å². The lowest BCUT2D eigenvalue weighted by Crippen LogP contribution is -2.48. The molecule has 2 aliphatic rings. The SMILES string of the molecule is O=C(O)CCNC(=O)N(CC1CC1)C1CCCCC1. The van der Waals surface area contributed by atoms with Crippen LogP contribution in [0.15, 0.2) is 0 Å². The first-order chi connectivity index (χ1) is 9.16. The molecule has 0 unspecified atom stereocenters. The standard InChI is InChI=1S/C14H24N2O3/c17-13(18)8-9-15-14(19)16(10-11-6-7-11)12-4-2-1-3-5-12/h11-12H,1-10H2,(H,15,19)(H,17,18). The summed E-state index contributed by atoms with van der Waals surface area (Å²) in [5.74, 6) is -0.196. The zero-order valence-electron chi connectivity index (χ0n) is 11.4. The molecule has 5 nitrogen and oxygen atoms in total. The van der Waals surface area contributed by atoms with E-state index in [9.17, 15) is 9.59 Å². The molecule has 2 aliphatic carbocycles. The van der Waals surface area contributed by atoms with Crippen LogP contribution in [0.3, 0.4) is 0 Å². The number of aliphatic carboxylic acids is 1. The van der Waals surface area contributed by atoms with Gasteiger partial charge in [0.2, 0.25) is 0 Å². The number of rotatable bonds is 6. The first-order valence-corrected chi connectivity index (χ1v) is 7.43. The van der Waals surface area contributed by atoms with Gasteiger partial charge in [0.1, 0.15) is 0 Å². The minimum absolute atomic E-state index is 0.00627. The van der Waals surface area contributed by atoms with Crippen LogP contribution in [0.5, 0.6) is 0 Å². The van der Waals surface area contributed by atoms with E-state index in [4.69, 9.17) is 5.11 Å². The molecular weight excluding hydrogens is 244 g/mol. The molecule has 2 N–H and O–H groups in total. The summed E-state index contributed by atoms with van der Waals surface area (Å²) in [6.07, 6.45) is 8.32. The highest BCUT2D eigenvalue weighted by Crippen LogP contribution is 2.32. The number of carbonyl (C=O) groups is 2. The molecule has 0 aromatic carbocycles. The normalized spacial score (nSPS) is 20.0. The summed E-state index contributed by atoms with van der Waals surface area (Å²) >= 11 is 0. The van der Waals surface area contributed by atoms with Crippen molar-refractivity contribution in [2.75, 3.05) is 13.1 Å². The van der Waals surface area contributed by atoms with E-state index in [1.165, 1.54) is 32.1 Å². The van der Waals surface area contributed by atoms with Crippen molar-refractivity contribution in [3.05, 3.63) is 0 Å². The molecule has 0 bridgehead atoms. The van der Waals surface area contributed by atoms with Crippen LogP contribution >= 0.6 is 0 Å². The van der Waals surface area contributed by atoms with E-state index < -0.39 is 5.97 Å². The molecular formula is C14H24N2O3. The zero-order chi connectivity index (χ0) is 13.7. The highest BCUT2D eigenvalue weighted by atomic mass is 16.4. The Hall–Kier alpha value is -1.26. The van der Waals surface area contributed by atoms with Gasteiger partial charge < -0.3 is 15.3 Å². The molecule has 0 spiro atoms. The van der Waals surface area contributed by atoms with Crippen LogP contribution in [0.1, 0.15) is 51.4 Å². The number of carbonyl (C=O) groups excluding carboxylic acids is 1. The predicted octanol–water partition coefficient (Wildman–Crippen LogP) is 2.22. The lowest BCUT2D eigenvalue weighted by Gasteiger charge is -2.34. The number of nitrogens with one attached hydrogen (secondary N) is 1. The number of urea groups is 1. The molecule has 0 aliphatic heterocycles. The summed E-state index contributed by atoms with van der Waals surface area (Å²) in [5, 5.41) is 11.4. The average molecular weight is 268 g/mol. The lowest BCUT2D eigenvalue weighted by atomic mass is 9.94. The maximum atomic E-state index is 12.2. The second-order valence-corrected chi connectivity index (χ2v) is 5.76. The molecule has 0 saturated heterocycles. The van der Waals surface area contributed by atoms with Crippen LogP contribution in [0.4, 0.5) is 4.79 Å². The largest absolute Gasteiger partial charge is 0.481 e. The third kappa shape index (κ3) is 4.73. The Morgan fingerprint density at radius 3 is 2.37 bits per heavy atom. The molecule has 0 aromatic heterocycles. The van der Waals surface area contributed by atoms with Gasteiger partial charge in [0.05, 0.1) is 6.42 Å². The van der Waals surface area contributed by atoms with Crippen LogP contribution in [0.2, 0.25) is 0 Å². The Bertz CT molecular complexity index is 323. The Balaban J connectivity index is 1.83. The fourth-order valence-electron chi connectivity index (χ4n) is 2.75. The first-order valence-electron chi connectivity index (χ1n) is 7.43. The molecule has 0 aromatic rings. The van der Waals surface area contributed by atoms with Crippen molar-refractivity contribution in [2.24, 2.45) is 5.92 Å². The average Bonchev–Trinajstić information content (AvgIpc) is 3.20. The van der Waals surface area contributed by atoms with Gasteiger partial charge in [-0.15, -0.1) is 0 Å². The van der Waals surface area contributed by atoms with Gasteiger partial charge >= 0.3 is 12.0 Å². The molecule has 2 saturated carbocycles. The van der Waals surface area contributed by atoms with Crippen molar-refractivity contribution in [1.82, 2.24) is 10.2 Å². The highest BCUT2D eigenvalue weighted by Gasteiger charge is 2.31. The van der Waals surface area contributed by atoms with Gasteiger partial charge in [-0.1, -0.05) is 19.3 Å². The van der Waals surface area contributed by atoms with Crippen LogP contribution in [0, 0.1) is 5.92 Å². The molecule has 2 rings (SSSR count). The van der Waals surface area contributed by atoms with Crippen molar-refractivity contribution in [3.63, 3.8) is 0 Å². The molecule has 2 amide bonds. The summed E-state index contributed by atoms with van der Waals surface area (Å²) in [5.41, 5.74) is 0. The topological polar surface area (TPSA) is 69.6 Å². The van der Waals surface area contributed by atoms with E-state index in [1.54, 1.807) is 0 Å². The maximum absolute atomic E-state index is 12.2. The molecule has 108 valence electrons. The number of carboxylic acids is 1. The summed E-state index contributed by atoms with van der Waals surface area (Å²) in [6.45, 7) is 1.08. The van der Waals surface area contributed by atoms with Gasteiger partial charge in [0.15, 0.2) is 0 Å². The van der Waals surface area contributed by atoms with Crippen molar-refractivity contribution in [2.45, 2.75) is 57.4 Å². The third-order valence-corrected chi connectivity index (χ3v) is 4.04. The number of carboxylic acid groups (broad SMARTS) is 1. The molecule has 0 heterocycles. The monoisotopic (exact) mass is 268 g/mol. The molecule has 0 atom stereocenters. The lowest BCUT2D eigenvalue weighted by molar-refractivity contribution is -0.136. The summed E-state index contributed by atoms with van der Waals surface area (Å²) < 4.78 is 0. The van der Waals surface area contributed by atoms with Crippen molar-refractivity contribution < 1.29 is 14.7 Å². The van der Waals surface area contributed by atoms with Gasteiger partial charge in [-0.2, -0.15) is 0 Å². The van der Waals surface area contributed by atoms with Crippen LogP contribution < -0.4 is 5.32 Å².